The Morgan fingerprint density at radius 1 is 0.790 bits per heavy atom. The maximum atomic E-state index is 14.0. The molecule has 0 saturated carbocycles. The number of hydrogen-bond acceptors (Lipinski definition) is 8. The Labute approximate surface area is 360 Å². The molecule has 0 radical (unpaired) electrons. The zero-order valence-electron chi connectivity index (χ0n) is 34.5. The van der Waals surface area contributed by atoms with Gasteiger partial charge in [0, 0.05) is 44.2 Å². The number of benzene rings is 5. The van der Waals surface area contributed by atoms with Crippen LogP contribution in [0.4, 0.5) is 0 Å². The number of carboxylic acids is 1. The van der Waals surface area contributed by atoms with Gasteiger partial charge in [-0.05, 0) is 83.5 Å². The molecule has 12 heteroatoms. The Morgan fingerprint density at radius 3 is 2.18 bits per heavy atom. The van der Waals surface area contributed by atoms with E-state index in [0.29, 0.717) is 75.3 Å². The number of aliphatic hydroxyl groups is 1. The molecule has 320 valence electrons. The van der Waals surface area contributed by atoms with Gasteiger partial charge >= 0.3 is 5.97 Å². The van der Waals surface area contributed by atoms with E-state index in [1.54, 1.807) is 17.0 Å². The standard InChI is InChI=1S/C50H52N4O8/c55-43-21-19-41(42-20-22-45(57)52-48(42)43)44(56)32-51-25-8-26-54(33-38-11-7-14-40(29-38)62-34-37-9-3-1-4-10-37)47(59)31-36-17-15-35(16-18-36)30-46(58)53-27-23-50(24-28-53,49(60)61)39-12-5-2-6-13-39/h1-7,9-22,29,44,51,55-56H,8,23-28,30-34H2,(H,52,57)(H,60,61)/t44-/m0/s1. The van der Waals surface area contributed by atoms with Crippen molar-refractivity contribution in [1.29, 1.82) is 0 Å². The average Bonchev–Trinajstić information content (AvgIpc) is 3.29. The van der Waals surface area contributed by atoms with E-state index >= 15 is 0 Å². The normalized spacial score (nSPS) is 14.0. The van der Waals surface area contributed by atoms with Crippen LogP contribution < -0.4 is 15.6 Å². The molecule has 2 heterocycles. The largest absolute Gasteiger partial charge is 0.506 e. The minimum atomic E-state index is -1.01. The van der Waals surface area contributed by atoms with Crippen LogP contribution >= 0.6 is 0 Å². The number of phenolic OH excluding ortho intramolecular Hbond substituents is 1. The third kappa shape index (κ3) is 10.8. The first kappa shape index (κ1) is 43.3. The van der Waals surface area contributed by atoms with Crippen LogP contribution in [0.25, 0.3) is 10.9 Å². The fourth-order valence-electron chi connectivity index (χ4n) is 8.15. The van der Waals surface area contributed by atoms with Gasteiger partial charge in [-0.2, -0.15) is 0 Å². The quantitative estimate of drug-likeness (QED) is 0.0625. The van der Waals surface area contributed by atoms with E-state index in [-0.39, 0.29) is 48.0 Å². The van der Waals surface area contributed by atoms with Crippen molar-refractivity contribution in [2.45, 2.75) is 56.8 Å². The number of carbonyl (C=O) groups excluding carboxylic acids is 2. The number of aromatic amines is 1. The molecule has 0 spiro atoms. The van der Waals surface area contributed by atoms with Crippen molar-refractivity contribution in [1.82, 2.24) is 20.1 Å². The molecule has 5 aromatic carbocycles. The molecule has 1 fully saturated rings. The molecule has 1 aliphatic rings. The Kier molecular flexibility index (Phi) is 14.1. The lowest BCUT2D eigenvalue weighted by atomic mass is 9.73. The number of aromatic hydroxyl groups is 1. The van der Waals surface area contributed by atoms with Gasteiger partial charge in [-0.3, -0.25) is 19.2 Å². The Bertz CT molecular complexity index is 2520. The second-order valence-corrected chi connectivity index (χ2v) is 15.9. The predicted molar refractivity (Wildman–Crippen MR) is 237 cm³/mol. The van der Waals surface area contributed by atoms with Gasteiger partial charge in [0.15, 0.2) is 0 Å². The molecule has 1 aliphatic heterocycles. The fraction of sp³-hybridized carbons (Fsp3) is 0.280. The number of pyridine rings is 1. The van der Waals surface area contributed by atoms with Crippen LogP contribution in [0.5, 0.6) is 11.5 Å². The highest BCUT2D eigenvalue weighted by Gasteiger charge is 2.43. The van der Waals surface area contributed by atoms with Gasteiger partial charge < -0.3 is 40.2 Å². The molecule has 0 aliphatic carbocycles. The third-order valence-electron chi connectivity index (χ3n) is 11.7. The van der Waals surface area contributed by atoms with E-state index in [2.05, 4.69) is 10.3 Å². The molecule has 5 N–H and O–H groups in total. The lowest BCUT2D eigenvalue weighted by molar-refractivity contribution is -0.148. The van der Waals surface area contributed by atoms with E-state index in [1.165, 1.54) is 12.1 Å². The van der Waals surface area contributed by atoms with Crippen molar-refractivity contribution in [3.05, 3.63) is 177 Å². The smallest absolute Gasteiger partial charge is 0.314 e. The van der Waals surface area contributed by atoms with Crippen LogP contribution in [0.2, 0.25) is 0 Å². The summed E-state index contributed by atoms with van der Waals surface area (Å²) in [5, 5.41) is 35.3. The number of carbonyl (C=O) groups is 3. The molecule has 1 aromatic heterocycles. The summed E-state index contributed by atoms with van der Waals surface area (Å²) in [6.07, 6.45) is 0.722. The number of aliphatic hydroxyl groups excluding tert-OH is 1. The van der Waals surface area contributed by atoms with Gasteiger partial charge in [-0.15, -0.1) is 0 Å². The van der Waals surface area contributed by atoms with Gasteiger partial charge in [0.25, 0.3) is 0 Å². The van der Waals surface area contributed by atoms with Gasteiger partial charge in [0.1, 0.15) is 18.1 Å². The maximum absolute atomic E-state index is 14.0. The molecule has 1 saturated heterocycles. The number of piperidine rings is 1. The maximum Gasteiger partial charge on any atom is 0.314 e. The molecule has 1 atom stereocenters. The minimum absolute atomic E-state index is 0.0593. The van der Waals surface area contributed by atoms with E-state index in [9.17, 15) is 34.5 Å². The zero-order valence-corrected chi connectivity index (χ0v) is 34.5. The molecule has 0 unspecified atom stereocenters. The summed E-state index contributed by atoms with van der Waals surface area (Å²) in [6, 6.07) is 40.4. The Morgan fingerprint density at radius 2 is 1.47 bits per heavy atom. The Balaban J connectivity index is 0.959. The molecule has 6 aromatic rings. The number of hydrogen-bond donors (Lipinski definition) is 5. The number of H-pyrrole nitrogens is 1. The van der Waals surface area contributed by atoms with Gasteiger partial charge in [-0.25, -0.2) is 0 Å². The number of aliphatic carboxylic acids is 1. The van der Waals surface area contributed by atoms with Crippen LogP contribution in [0.3, 0.4) is 0 Å². The van der Waals surface area contributed by atoms with Gasteiger partial charge in [0.05, 0.1) is 29.9 Å². The molecular weight excluding hydrogens is 785 g/mol. The van der Waals surface area contributed by atoms with Crippen molar-refractivity contribution in [3.63, 3.8) is 0 Å². The van der Waals surface area contributed by atoms with E-state index in [4.69, 9.17) is 4.74 Å². The summed E-state index contributed by atoms with van der Waals surface area (Å²) in [5.74, 6) is -0.366. The van der Waals surface area contributed by atoms with Crippen molar-refractivity contribution in [2.75, 3.05) is 32.7 Å². The van der Waals surface area contributed by atoms with Crippen LogP contribution in [0.1, 0.15) is 58.7 Å². The van der Waals surface area contributed by atoms with E-state index < -0.39 is 17.5 Å². The number of ether oxygens (including phenoxy) is 1. The number of phenols is 1. The summed E-state index contributed by atoms with van der Waals surface area (Å²) >= 11 is 0. The predicted octanol–water partition coefficient (Wildman–Crippen LogP) is 6.28. The molecule has 62 heavy (non-hydrogen) atoms. The first-order valence-electron chi connectivity index (χ1n) is 21.0. The summed E-state index contributed by atoms with van der Waals surface area (Å²) in [7, 11) is 0. The number of rotatable bonds is 18. The number of carboxylic acid groups (broad SMARTS) is 1. The Hall–Kier alpha value is -6.76. The number of fused-ring (bicyclic) bond motifs is 1. The molecule has 12 nitrogen and oxygen atoms in total. The molecule has 7 rings (SSSR count). The van der Waals surface area contributed by atoms with Crippen molar-refractivity contribution in [3.8, 4) is 11.5 Å². The van der Waals surface area contributed by atoms with Crippen LogP contribution in [-0.2, 0) is 45.8 Å². The molecule has 0 bridgehead atoms. The third-order valence-corrected chi connectivity index (χ3v) is 11.7. The van der Waals surface area contributed by atoms with Gasteiger partial charge in [-0.1, -0.05) is 103 Å². The zero-order chi connectivity index (χ0) is 43.5. The van der Waals surface area contributed by atoms with E-state index in [0.717, 1.165) is 27.8 Å². The average molecular weight is 837 g/mol. The second kappa shape index (κ2) is 20.2. The number of likely N-dealkylation sites (tertiary alicyclic amines) is 1. The molecule has 2 amide bonds. The topological polar surface area (TPSA) is 172 Å². The van der Waals surface area contributed by atoms with Crippen molar-refractivity contribution >= 4 is 28.7 Å². The van der Waals surface area contributed by atoms with Crippen LogP contribution in [-0.4, -0.2) is 80.6 Å². The van der Waals surface area contributed by atoms with Crippen LogP contribution in [0, 0.1) is 0 Å². The number of nitrogens with one attached hydrogen (secondary N) is 2. The summed E-state index contributed by atoms with van der Waals surface area (Å²) in [6.45, 7) is 2.67. The summed E-state index contributed by atoms with van der Waals surface area (Å²) in [5.41, 5.74) is 3.84. The first-order chi connectivity index (χ1) is 30.1. The number of nitrogens with zero attached hydrogens (tertiary/aromatic N) is 2. The minimum Gasteiger partial charge on any atom is -0.506 e. The second-order valence-electron chi connectivity index (χ2n) is 15.9. The molecular formula is C50H52N4O8. The summed E-state index contributed by atoms with van der Waals surface area (Å²) in [4.78, 5) is 57.8. The number of aromatic nitrogens is 1. The van der Waals surface area contributed by atoms with Gasteiger partial charge in [0.2, 0.25) is 17.4 Å². The summed E-state index contributed by atoms with van der Waals surface area (Å²) < 4.78 is 6.08. The lowest BCUT2D eigenvalue weighted by Gasteiger charge is -2.39. The monoisotopic (exact) mass is 836 g/mol. The lowest BCUT2D eigenvalue weighted by Crippen LogP contribution is -2.49. The first-order valence-corrected chi connectivity index (χ1v) is 21.0. The highest BCUT2D eigenvalue weighted by Crippen LogP contribution is 2.36. The highest BCUT2D eigenvalue weighted by atomic mass is 16.5. The van der Waals surface area contributed by atoms with Crippen molar-refractivity contribution < 1.29 is 34.4 Å². The number of amides is 2. The highest BCUT2D eigenvalue weighted by molar-refractivity contribution is 5.87. The fourth-order valence-corrected chi connectivity index (χ4v) is 8.15. The van der Waals surface area contributed by atoms with Crippen LogP contribution in [0.15, 0.2) is 138 Å². The van der Waals surface area contributed by atoms with E-state index in [1.807, 2.05) is 114 Å². The van der Waals surface area contributed by atoms with Crippen molar-refractivity contribution in [2.24, 2.45) is 0 Å². The SMILES string of the molecule is O=C(Cc1ccc(CC(=O)N(CCCNC[C@H](O)c2ccc(O)c3[nH]c(=O)ccc23)Cc2cccc(OCc3ccccc3)c2)cc1)N1CCC(C(=O)O)(c2ccccc2)CC1.